The van der Waals surface area contributed by atoms with Crippen LogP contribution < -0.4 is 14.8 Å². The second-order valence-corrected chi connectivity index (χ2v) is 5.92. The minimum Gasteiger partial charge on any atom is -0.493 e. The number of amides is 2. The van der Waals surface area contributed by atoms with Crippen LogP contribution in [0.15, 0.2) is 24.3 Å². The number of benzene rings is 1. The second-order valence-electron chi connectivity index (χ2n) is 5.92. The van der Waals surface area contributed by atoms with Gasteiger partial charge in [0, 0.05) is 26.3 Å². The Morgan fingerprint density at radius 2 is 1.88 bits per heavy atom. The molecule has 2 amide bonds. The maximum absolute atomic E-state index is 12.3. The highest BCUT2D eigenvalue weighted by Crippen LogP contribution is 2.27. The molecule has 0 bridgehead atoms. The lowest BCUT2D eigenvalue weighted by Gasteiger charge is -2.18. The van der Waals surface area contributed by atoms with E-state index in [0.29, 0.717) is 23.7 Å². The molecule has 0 unspecified atom stereocenters. The lowest BCUT2D eigenvalue weighted by molar-refractivity contribution is -0.129. The number of aromatic nitrogens is 2. The predicted octanol–water partition coefficient (Wildman–Crippen LogP) is 1.13. The highest BCUT2D eigenvalue weighted by atomic mass is 16.5. The monoisotopic (exact) mass is 360 g/mol. The van der Waals surface area contributed by atoms with Crippen molar-refractivity contribution >= 4 is 11.8 Å². The number of ether oxygens (including phenoxy) is 2. The summed E-state index contributed by atoms with van der Waals surface area (Å²) >= 11 is 0. The van der Waals surface area contributed by atoms with Gasteiger partial charge in [-0.25, -0.2) is 0 Å². The Labute approximate surface area is 152 Å². The zero-order valence-corrected chi connectivity index (χ0v) is 15.7. The normalized spacial score (nSPS) is 10.3. The number of likely N-dealkylation sites (N-methyl/N-ethyl adjacent to an activating group) is 1. The summed E-state index contributed by atoms with van der Waals surface area (Å²) in [5, 5.41) is 6.69. The number of nitrogens with one attached hydrogen (secondary N) is 1. The fourth-order valence-electron chi connectivity index (χ4n) is 2.39. The fraction of sp³-hybridized carbons (Fsp3) is 0.389. The maximum Gasteiger partial charge on any atom is 0.272 e. The molecule has 8 heteroatoms. The summed E-state index contributed by atoms with van der Waals surface area (Å²) in [5.74, 6) is 0.648. The molecule has 0 aliphatic heterocycles. The van der Waals surface area contributed by atoms with E-state index in [1.54, 1.807) is 45.1 Å². The predicted molar refractivity (Wildman–Crippen MR) is 96.3 cm³/mol. The molecule has 1 aromatic carbocycles. The molecule has 0 radical (unpaired) electrons. The molecule has 0 aliphatic rings. The molecule has 0 fully saturated rings. The SMILES string of the molecule is COc1ccc(CN(C)C(=O)CNC(=O)c2cc(C)n(C)n2)cc1OC. The number of carbonyl (C=O) groups excluding carboxylic acids is 2. The van der Waals surface area contributed by atoms with Gasteiger partial charge in [0.25, 0.3) is 5.91 Å². The lowest BCUT2D eigenvalue weighted by Crippen LogP contribution is -2.38. The number of hydrogen-bond acceptors (Lipinski definition) is 5. The van der Waals surface area contributed by atoms with Crippen LogP contribution in [0.5, 0.6) is 11.5 Å². The third kappa shape index (κ3) is 4.53. The first-order chi connectivity index (χ1) is 12.3. The largest absolute Gasteiger partial charge is 0.493 e. The zero-order chi connectivity index (χ0) is 19.3. The van der Waals surface area contributed by atoms with E-state index in [-0.39, 0.29) is 18.4 Å². The lowest BCUT2D eigenvalue weighted by atomic mass is 10.2. The van der Waals surface area contributed by atoms with Gasteiger partial charge in [0.2, 0.25) is 5.91 Å². The van der Waals surface area contributed by atoms with Crippen molar-refractivity contribution in [2.45, 2.75) is 13.5 Å². The Bertz CT molecular complexity index is 781. The van der Waals surface area contributed by atoms with Crippen LogP contribution in [0, 0.1) is 6.92 Å². The average Bonchev–Trinajstić information content (AvgIpc) is 2.98. The number of rotatable bonds is 7. The van der Waals surface area contributed by atoms with Crippen LogP contribution in [-0.4, -0.2) is 54.3 Å². The van der Waals surface area contributed by atoms with Gasteiger partial charge in [0.05, 0.1) is 20.8 Å². The number of aryl methyl sites for hydroxylation is 2. The first-order valence-corrected chi connectivity index (χ1v) is 8.09. The average molecular weight is 360 g/mol. The van der Waals surface area contributed by atoms with Gasteiger partial charge in [-0.05, 0) is 30.7 Å². The van der Waals surface area contributed by atoms with Gasteiger partial charge in [0.15, 0.2) is 11.5 Å². The summed E-state index contributed by atoms with van der Waals surface area (Å²) in [6.45, 7) is 2.14. The standard InChI is InChI=1S/C18H24N4O4/c1-12-8-14(20-22(12)3)18(24)19-10-17(23)21(2)11-13-6-7-15(25-4)16(9-13)26-5/h6-9H,10-11H2,1-5H3,(H,19,24). The molecule has 0 spiro atoms. The molecule has 0 saturated carbocycles. The molecule has 140 valence electrons. The Balaban J connectivity index is 1.92. The minimum absolute atomic E-state index is 0.0990. The summed E-state index contributed by atoms with van der Waals surface area (Å²) in [4.78, 5) is 25.9. The Kier molecular flexibility index (Phi) is 6.21. The van der Waals surface area contributed by atoms with Crippen molar-refractivity contribution in [3.8, 4) is 11.5 Å². The molecule has 1 aromatic heterocycles. The highest BCUT2D eigenvalue weighted by Gasteiger charge is 2.15. The van der Waals surface area contributed by atoms with E-state index in [1.165, 1.54) is 4.90 Å². The van der Waals surface area contributed by atoms with Gasteiger partial charge in [-0.2, -0.15) is 5.10 Å². The summed E-state index contributed by atoms with van der Waals surface area (Å²) in [5.41, 5.74) is 2.05. The molecule has 1 N–H and O–H groups in total. The molecule has 2 rings (SSSR count). The topological polar surface area (TPSA) is 85.7 Å². The minimum atomic E-state index is -0.374. The Morgan fingerprint density at radius 3 is 2.46 bits per heavy atom. The number of carbonyl (C=O) groups is 2. The molecule has 1 heterocycles. The zero-order valence-electron chi connectivity index (χ0n) is 15.7. The van der Waals surface area contributed by atoms with Crippen LogP contribution in [0.3, 0.4) is 0 Å². The van der Waals surface area contributed by atoms with E-state index in [2.05, 4.69) is 10.4 Å². The second kappa shape index (κ2) is 8.37. The van der Waals surface area contributed by atoms with Gasteiger partial charge < -0.3 is 19.7 Å². The molecule has 0 aliphatic carbocycles. The quantitative estimate of drug-likeness (QED) is 0.800. The number of nitrogens with zero attached hydrogens (tertiary/aromatic N) is 3. The molecule has 8 nitrogen and oxygen atoms in total. The van der Waals surface area contributed by atoms with Crippen molar-refractivity contribution in [2.24, 2.45) is 7.05 Å². The first-order valence-electron chi connectivity index (χ1n) is 8.09. The Morgan fingerprint density at radius 1 is 1.19 bits per heavy atom. The van der Waals surface area contributed by atoms with Gasteiger partial charge in [-0.15, -0.1) is 0 Å². The van der Waals surface area contributed by atoms with Crippen LogP contribution in [-0.2, 0) is 18.4 Å². The van der Waals surface area contributed by atoms with Crippen LogP contribution in [0.25, 0.3) is 0 Å². The van der Waals surface area contributed by atoms with Crippen LogP contribution in [0.1, 0.15) is 21.7 Å². The molecule has 26 heavy (non-hydrogen) atoms. The van der Waals surface area contributed by atoms with Gasteiger partial charge in [-0.3, -0.25) is 14.3 Å². The van der Waals surface area contributed by atoms with Crippen LogP contribution in [0.4, 0.5) is 0 Å². The van der Waals surface area contributed by atoms with E-state index in [4.69, 9.17) is 9.47 Å². The van der Waals surface area contributed by atoms with Gasteiger partial charge in [0.1, 0.15) is 5.69 Å². The molecule has 0 saturated heterocycles. The maximum atomic E-state index is 12.3. The molecular weight excluding hydrogens is 336 g/mol. The van der Waals surface area contributed by atoms with E-state index >= 15 is 0 Å². The third-order valence-electron chi connectivity index (χ3n) is 4.04. The van der Waals surface area contributed by atoms with Crippen LogP contribution in [0.2, 0.25) is 0 Å². The first kappa shape index (κ1) is 19.3. The van der Waals surface area contributed by atoms with Gasteiger partial charge in [-0.1, -0.05) is 6.07 Å². The van der Waals surface area contributed by atoms with Crippen molar-refractivity contribution in [3.05, 3.63) is 41.2 Å². The van der Waals surface area contributed by atoms with E-state index in [0.717, 1.165) is 11.3 Å². The summed E-state index contributed by atoms with van der Waals surface area (Å²) in [6.07, 6.45) is 0. The van der Waals surface area contributed by atoms with Crippen molar-refractivity contribution in [2.75, 3.05) is 27.8 Å². The Hall–Kier alpha value is -3.03. The highest BCUT2D eigenvalue weighted by molar-refractivity contribution is 5.94. The number of methoxy groups -OCH3 is 2. The smallest absolute Gasteiger partial charge is 0.272 e. The van der Waals surface area contributed by atoms with Gasteiger partial charge >= 0.3 is 0 Å². The summed E-state index contributed by atoms with van der Waals surface area (Å²) < 4.78 is 12.1. The summed E-state index contributed by atoms with van der Waals surface area (Å²) in [6, 6.07) is 7.14. The van der Waals surface area contributed by atoms with Crippen molar-refractivity contribution < 1.29 is 19.1 Å². The van der Waals surface area contributed by atoms with Crippen molar-refractivity contribution in [3.63, 3.8) is 0 Å². The van der Waals surface area contributed by atoms with E-state index in [1.807, 2.05) is 19.1 Å². The van der Waals surface area contributed by atoms with Crippen molar-refractivity contribution in [1.29, 1.82) is 0 Å². The molecule has 0 atom stereocenters. The molecule has 2 aromatic rings. The fourth-order valence-corrected chi connectivity index (χ4v) is 2.39. The third-order valence-corrected chi connectivity index (χ3v) is 4.04. The number of hydrogen-bond donors (Lipinski definition) is 1. The van der Waals surface area contributed by atoms with Crippen LogP contribution >= 0.6 is 0 Å². The molecular formula is C18H24N4O4. The van der Waals surface area contributed by atoms with Crippen molar-refractivity contribution in [1.82, 2.24) is 20.0 Å². The van der Waals surface area contributed by atoms with E-state index in [9.17, 15) is 9.59 Å². The van der Waals surface area contributed by atoms with E-state index < -0.39 is 0 Å². The summed E-state index contributed by atoms with van der Waals surface area (Å²) in [7, 11) is 6.56.